The highest BCUT2D eigenvalue weighted by Crippen LogP contribution is 2.27. The number of nitrogens with zero attached hydrogens (tertiary/aromatic N) is 5. The average molecular weight is 403 g/mol. The number of allylic oxidation sites excluding steroid dienone is 1. The summed E-state index contributed by atoms with van der Waals surface area (Å²) < 4.78 is 11.4. The molecule has 160 valence electrons. The molecule has 0 unspecified atom stereocenters. The number of morpholine rings is 1. The standard InChI is InChI=1S/C21H34N6O2/c1-17(2)26-7-9-27(10-8-26)20-18-4-5-22-16-19(18)23-21(24-20)29-13-3-6-25-11-14-28-15-12-25/h22H,1,3-16H2,2H3. The van der Waals surface area contributed by atoms with Crippen LogP contribution in [0.5, 0.6) is 6.01 Å². The molecule has 8 nitrogen and oxygen atoms in total. The van der Waals surface area contributed by atoms with Crippen molar-refractivity contribution in [2.24, 2.45) is 0 Å². The summed E-state index contributed by atoms with van der Waals surface area (Å²) in [5.74, 6) is 1.07. The molecule has 0 atom stereocenters. The summed E-state index contributed by atoms with van der Waals surface area (Å²) in [6.45, 7) is 17.2. The number of hydrogen-bond acceptors (Lipinski definition) is 8. The van der Waals surface area contributed by atoms with E-state index in [4.69, 9.17) is 19.4 Å². The van der Waals surface area contributed by atoms with Gasteiger partial charge in [-0.2, -0.15) is 9.97 Å². The van der Waals surface area contributed by atoms with Gasteiger partial charge >= 0.3 is 6.01 Å². The Balaban J connectivity index is 1.39. The molecule has 2 fully saturated rings. The van der Waals surface area contributed by atoms with Crippen LogP contribution < -0.4 is 15.0 Å². The van der Waals surface area contributed by atoms with Gasteiger partial charge in [0.05, 0.1) is 25.5 Å². The Bertz CT molecular complexity index is 699. The molecule has 8 heteroatoms. The molecule has 1 aromatic heterocycles. The molecular formula is C21H34N6O2. The molecule has 4 rings (SSSR count). The third-order valence-electron chi connectivity index (χ3n) is 5.97. The molecule has 1 N–H and O–H groups in total. The van der Waals surface area contributed by atoms with Crippen molar-refractivity contribution in [3.63, 3.8) is 0 Å². The molecule has 2 saturated heterocycles. The van der Waals surface area contributed by atoms with Crippen LogP contribution >= 0.6 is 0 Å². The first-order valence-corrected chi connectivity index (χ1v) is 10.9. The fourth-order valence-electron chi connectivity index (χ4n) is 4.22. The third-order valence-corrected chi connectivity index (χ3v) is 5.97. The highest BCUT2D eigenvalue weighted by atomic mass is 16.5. The van der Waals surface area contributed by atoms with Crippen LogP contribution in [0, 0.1) is 0 Å². The zero-order valence-electron chi connectivity index (χ0n) is 17.7. The Labute approximate surface area is 173 Å². The molecule has 0 bridgehead atoms. The second-order valence-corrected chi connectivity index (χ2v) is 8.05. The maximum Gasteiger partial charge on any atom is 0.318 e. The fourth-order valence-corrected chi connectivity index (χ4v) is 4.22. The molecule has 3 aliphatic rings. The normalized spacial score (nSPS) is 20.4. The number of anilines is 1. The number of rotatable bonds is 7. The fraction of sp³-hybridized carbons (Fsp3) is 0.714. The number of fused-ring (bicyclic) bond motifs is 1. The van der Waals surface area contributed by atoms with E-state index in [9.17, 15) is 0 Å². The van der Waals surface area contributed by atoms with E-state index in [2.05, 4.69) is 33.5 Å². The number of aromatic nitrogens is 2. The van der Waals surface area contributed by atoms with E-state index >= 15 is 0 Å². The van der Waals surface area contributed by atoms with Gasteiger partial charge in [0.25, 0.3) is 0 Å². The van der Waals surface area contributed by atoms with E-state index in [0.717, 1.165) is 102 Å². The third kappa shape index (κ3) is 5.18. The predicted octanol–water partition coefficient (Wildman–Crippen LogP) is 0.879. The molecular weight excluding hydrogens is 368 g/mol. The van der Waals surface area contributed by atoms with E-state index in [1.165, 1.54) is 5.56 Å². The number of nitrogens with one attached hydrogen (secondary N) is 1. The smallest absolute Gasteiger partial charge is 0.318 e. The van der Waals surface area contributed by atoms with E-state index in [0.29, 0.717) is 12.6 Å². The van der Waals surface area contributed by atoms with Crippen LogP contribution in [0.2, 0.25) is 0 Å². The highest BCUT2D eigenvalue weighted by molar-refractivity contribution is 5.51. The van der Waals surface area contributed by atoms with Crippen molar-refractivity contribution < 1.29 is 9.47 Å². The predicted molar refractivity (Wildman–Crippen MR) is 113 cm³/mol. The summed E-state index contributed by atoms with van der Waals surface area (Å²) in [5.41, 5.74) is 3.52. The lowest BCUT2D eigenvalue weighted by atomic mass is 10.1. The zero-order valence-corrected chi connectivity index (χ0v) is 17.7. The SMILES string of the molecule is C=C(C)N1CCN(c2nc(OCCCN3CCOCC3)nc3c2CCNC3)CC1. The van der Waals surface area contributed by atoms with Crippen molar-refractivity contribution in [3.8, 4) is 6.01 Å². The van der Waals surface area contributed by atoms with Crippen LogP contribution in [0.3, 0.4) is 0 Å². The van der Waals surface area contributed by atoms with Gasteiger partial charge in [-0.15, -0.1) is 0 Å². The monoisotopic (exact) mass is 402 g/mol. The molecule has 3 aliphatic heterocycles. The second kappa shape index (κ2) is 9.73. The largest absolute Gasteiger partial charge is 0.463 e. The summed E-state index contributed by atoms with van der Waals surface area (Å²) in [6.07, 6.45) is 1.95. The first-order chi connectivity index (χ1) is 14.2. The Morgan fingerprint density at radius 1 is 1.14 bits per heavy atom. The van der Waals surface area contributed by atoms with Gasteiger partial charge in [-0.05, 0) is 26.3 Å². The molecule has 4 heterocycles. The lowest BCUT2D eigenvalue weighted by Crippen LogP contribution is -2.46. The van der Waals surface area contributed by atoms with Crippen LogP contribution in [0.1, 0.15) is 24.6 Å². The lowest BCUT2D eigenvalue weighted by Gasteiger charge is -2.38. The second-order valence-electron chi connectivity index (χ2n) is 8.05. The molecule has 1 aromatic rings. The molecule has 0 aliphatic carbocycles. The maximum absolute atomic E-state index is 5.99. The Morgan fingerprint density at radius 3 is 2.69 bits per heavy atom. The van der Waals surface area contributed by atoms with Crippen LogP contribution in [0.15, 0.2) is 12.3 Å². The van der Waals surface area contributed by atoms with E-state index < -0.39 is 0 Å². The quantitative estimate of drug-likeness (QED) is 0.675. The van der Waals surface area contributed by atoms with E-state index in [1.807, 2.05) is 0 Å². The summed E-state index contributed by atoms with van der Waals surface area (Å²) >= 11 is 0. The van der Waals surface area contributed by atoms with Crippen molar-refractivity contribution in [2.75, 3.05) is 77.1 Å². The van der Waals surface area contributed by atoms with Gasteiger partial charge in [-0.25, -0.2) is 0 Å². The van der Waals surface area contributed by atoms with Crippen molar-refractivity contribution in [1.82, 2.24) is 25.1 Å². The minimum absolute atomic E-state index is 0.520. The van der Waals surface area contributed by atoms with E-state index in [1.54, 1.807) is 0 Å². The van der Waals surface area contributed by atoms with Gasteiger partial charge in [0.2, 0.25) is 0 Å². The maximum atomic E-state index is 5.99. The average Bonchev–Trinajstić information content (AvgIpc) is 2.77. The van der Waals surface area contributed by atoms with Gasteiger partial charge in [-0.3, -0.25) is 4.90 Å². The van der Waals surface area contributed by atoms with Gasteiger partial charge in [0.15, 0.2) is 0 Å². The Morgan fingerprint density at radius 2 is 1.93 bits per heavy atom. The van der Waals surface area contributed by atoms with E-state index in [-0.39, 0.29) is 0 Å². The topological polar surface area (TPSA) is 66.0 Å². The minimum Gasteiger partial charge on any atom is -0.463 e. The van der Waals surface area contributed by atoms with Gasteiger partial charge in [0, 0.05) is 63.6 Å². The van der Waals surface area contributed by atoms with Gasteiger partial charge in [-0.1, -0.05) is 6.58 Å². The first-order valence-electron chi connectivity index (χ1n) is 10.9. The van der Waals surface area contributed by atoms with Crippen LogP contribution in [-0.2, 0) is 17.7 Å². The lowest BCUT2D eigenvalue weighted by molar-refractivity contribution is 0.0356. The molecule has 29 heavy (non-hydrogen) atoms. The minimum atomic E-state index is 0.520. The molecule has 0 amide bonds. The first kappa shape index (κ1) is 20.4. The van der Waals surface area contributed by atoms with Crippen molar-refractivity contribution >= 4 is 5.82 Å². The highest BCUT2D eigenvalue weighted by Gasteiger charge is 2.25. The number of piperazine rings is 1. The van der Waals surface area contributed by atoms with Gasteiger partial charge in [0.1, 0.15) is 5.82 Å². The summed E-state index contributed by atoms with van der Waals surface area (Å²) in [4.78, 5) is 16.7. The van der Waals surface area contributed by atoms with Crippen LogP contribution in [0.25, 0.3) is 0 Å². The van der Waals surface area contributed by atoms with Crippen molar-refractivity contribution in [2.45, 2.75) is 26.3 Å². The van der Waals surface area contributed by atoms with Crippen LogP contribution in [-0.4, -0.2) is 91.9 Å². The summed E-state index contributed by atoms with van der Waals surface area (Å²) in [5, 5.41) is 3.43. The molecule has 0 saturated carbocycles. The molecule has 0 spiro atoms. The summed E-state index contributed by atoms with van der Waals surface area (Å²) in [7, 11) is 0. The van der Waals surface area contributed by atoms with Crippen LogP contribution in [0.4, 0.5) is 5.82 Å². The van der Waals surface area contributed by atoms with Crippen molar-refractivity contribution in [3.05, 3.63) is 23.5 Å². The summed E-state index contributed by atoms with van der Waals surface area (Å²) in [6, 6.07) is 0.520. The van der Waals surface area contributed by atoms with Crippen molar-refractivity contribution in [1.29, 1.82) is 0 Å². The molecule has 0 radical (unpaired) electrons. The molecule has 0 aromatic carbocycles. The Hall–Kier alpha value is -1.90. The number of ether oxygens (including phenoxy) is 2. The van der Waals surface area contributed by atoms with Gasteiger partial charge < -0.3 is 24.6 Å². The number of hydrogen-bond donors (Lipinski definition) is 1. The Kier molecular flexibility index (Phi) is 6.84. The zero-order chi connectivity index (χ0) is 20.1.